The first-order valence-corrected chi connectivity index (χ1v) is 15.0. The molecule has 0 spiro atoms. The molecule has 1 aliphatic carbocycles. The normalized spacial score (nSPS) is 20.6. The van der Waals surface area contributed by atoms with Crippen LogP contribution in [-0.2, 0) is 29.3 Å². The van der Waals surface area contributed by atoms with Crippen molar-refractivity contribution in [1.82, 2.24) is 19.5 Å². The summed E-state index contributed by atoms with van der Waals surface area (Å²) in [5.41, 5.74) is 4.77. The molecule has 6 rings (SSSR count). The van der Waals surface area contributed by atoms with Gasteiger partial charge in [-0.05, 0) is 40.8 Å². The first-order valence-electron chi connectivity index (χ1n) is 12.0. The second kappa shape index (κ2) is 10.00. The van der Waals surface area contributed by atoms with E-state index in [0.29, 0.717) is 5.69 Å². The van der Waals surface area contributed by atoms with Gasteiger partial charge in [0.05, 0.1) is 12.9 Å². The molecule has 0 amide bonds. The Hall–Kier alpha value is -3.23. The number of nitrogens with one attached hydrogen (secondary N) is 2. The lowest BCUT2D eigenvalue weighted by Gasteiger charge is -2.19. The van der Waals surface area contributed by atoms with E-state index < -0.39 is 46.2 Å². The molecule has 1 aliphatic heterocycles. The van der Waals surface area contributed by atoms with Crippen LogP contribution in [0.5, 0.6) is 0 Å². The Bertz CT molecular complexity index is 1760. The zero-order valence-electron chi connectivity index (χ0n) is 20.4. The van der Waals surface area contributed by atoms with Crippen molar-refractivity contribution < 1.29 is 42.5 Å². The second-order valence-corrected chi connectivity index (χ2v) is 11.8. The summed E-state index contributed by atoms with van der Waals surface area (Å²) >= 11 is 0. The van der Waals surface area contributed by atoms with Crippen LogP contribution in [0.25, 0.3) is 22.3 Å². The van der Waals surface area contributed by atoms with E-state index in [0.717, 1.165) is 23.1 Å². The minimum Gasteiger partial charge on any atom is -0.349 e. The van der Waals surface area contributed by atoms with Crippen molar-refractivity contribution in [2.24, 2.45) is 0 Å². The van der Waals surface area contributed by atoms with Crippen LogP contribution in [-0.4, -0.2) is 57.9 Å². The van der Waals surface area contributed by atoms with Gasteiger partial charge in [-0.2, -0.15) is 0 Å². The molecule has 0 bridgehead atoms. The molecule has 2 aromatic carbocycles. The highest BCUT2D eigenvalue weighted by atomic mass is 31.2. The number of aromatic nitrogens is 4. The average molecular weight is 591 g/mol. The van der Waals surface area contributed by atoms with E-state index in [1.54, 1.807) is 0 Å². The maximum absolute atomic E-state index is 12.5. The van der Waals surface area contributed by atoms with Crippen LogP contribution in [0.15, 0.2) is 53.6 Å². The number of fused-ring (bicyclic) bond motifs is 4. The summed E-state index contributed by atoms with van der Waals surface area (Å²) < 4.78 is 39.6. The number of aromatic amines is 1. The van der Waals surface area contributed by atoms with Gasteiger partial charge in [-0.25, -0.2) is 19.1 Å². The molecule has 15 nitrogen and oxygen atoms in total. The van der Waals surface area contributed by atoms with E-state index in [9.17, 15) is 23.7 Å². The maximum atomic E-state index is 12.5. The van der Waals surface area contributed by atoms with Gasteiger partial charge in [-0.1, -0.05) is 30.3 Å². The van der Waals surface area contributed by atoms with Gasteiger partial charge in [-0.15, -0.1) is 0 Å². The molecule has 17 heteroatoms. The molecular weight excluding hydrogens is 568 g/mol. The summed E-state index contributed by atoms with van der Waals surface area (Å²) in [7, 11) is -9.94. The summed E-state index contributed by atoms with van der Waals surface area (Å²) in [6, 6.07) is 13.9. The Morgan fingerprint density at radius 2 is 1.85 bits per heavy atom. The standard InChI is InChI=1S/C23H23N5O10P2/c29-22-20-21(24-11-25-22)28(19-9-17(38-40(33,34)35)18(37-19)10-36-39(30,31)32)23(27-20)26-14-5-6-16-13(8-14)7-12-3-1-2-4-15(12)16/h1-6,8,11,17-19H,7,9-10H2,(H,26,27)(H,24,25,29)(H2,30,31,32)(H2,33,34,35)/t17-,18+,19+/m0/s1. The van der Waals surface area contributed by atoms with Crippen molar-refractivity contribution >= 4 is 38.4 Å². The first kappa shape index (κ1) is 27.0. The fourth-order valence-corrected chi connectivity index (χ4v) is 6.02. The minimum absolute atomic E-state index is 0.0236. The molecule has 6 N–H and O–H groups in total. The zero-order chi connectivity index (χ0) is 28.2. The smallest absolute Gasteiger partial charge is 0.349 e. The van der Waals surface area contributed by atoms with E-state index in [1.807, 2.05) is 30.3 Å². The second-order valence-electron chi connectivity index (χ2n) is 9.33. The number of nitrogens with zero attached hydrogens (tertiary/aromatic N) is 3. The first-order chi connectivity index (χ1) is 18.9. The molecular formula is C23H23N5O10P2. The Morgan fingerprint density at radius 3 is 2.62 bits per heavy atom. The number of anilines is 2. The van der Waals surface area contributed by atoms with Gasteiger partial charge >= 0.3 is 15.6 Å². The largest absolute Gasteiger partial charge is 0.469 e. The number of hydrogen-bond donors (Lipinski definition) is 6. The van der Waals surface area contributed by atoms with Gasteiger partial charge in [0.15, 0.2) is 11.2 Å². The highest BCUT2D eigenvalue weighted by Crippen LogP contribution is 2.46. The maximum Gasteiger partial charge on any atom is 0.469 e. The van der Waals surface area contributed by atoms with Crippen LogP contribution in [0.3, 0.4) is 0 Å². The molecule has 210 valence electrons. The molecule has 3 heterocycles. The third-order valence-electron chi connectivity index (χ3n) is 6.68. The summed E-state index contributed by atoms with van der Waals surface area (Å²) in [6.07, 6.45) is -1.92. The molecule has 1 fully saturated rings. The molecule has 2 aromatic heterocycles. The van der Waals surface area contributed by atoms with Crippen molar-refractivity contribution in [3.8, 4) is 11.1 Å². The molecule has 3 atom stereocenters. The van der Waals surface area contributed by atoms with Gasteiger partial charge in [0.25, 0.3) is 5.56 Å². The highest BCUT2D eigenvalue weighted by Gasteiger charge is 2.43. The van der Waals surface area contributed by atoms with E-state index in [2.05, 4.69) is 36.9 Å². The lowest BCUT2D eigenvalue weighted by atomic mass is 10.1. The Kier molecular flexibility index (Phi) is 6.74. The molecule has 0 unspecified atom stereocenters. The van der Waals surface area contributed by atoms with E-state index in [4.69, 9.17) is 19.0 Å². The number of hydrogen-bond acceptors (Lipinski definition) is 9. The van der Waals surface area contributed by atoms with Crippen LogP contribution < -0.4 is 10.9 Å². The van der Waals surface area contributed by atoms with Gasteiger partial charge in [0.1, 0.15) is 18.4 Å². The lowest BCUT2D eigenvalue weighted by Crippen LogP contribution is -2.28. The van der Waals surface area contributed by atoms with Gasteiger partial charge in [0.2, 0.25) is 5.95 Å². The third-order valence-corrected chi connectivity index (χ3v) is 7.71. The summed E-state index contributed by atoms with van der Waals surface area (Å²) in [5, 5.41) is 3.19. The minimum atomic E-state index is -5.02. The van der Waals surface area contributed by atoms with Crippen LogP contribution in [0.1, 0.15) is 23.8 Å². The number of H-pyrrole nitrogens is 1. The highest BCUT2D eigenvalue weighted by molar-refractivity contribution is 7.46. The van der Waals surface area contributed by atoms with Gasteiger partial charge < -0.3 is 34.6 Å². The van der Waals surface area contributed by atoms with Crippen molar-refractivity contribution in [3.05, 3.63) is 70.3 Å². The van der Waals surface area contributed by atoms with Crippen LogP contribution in [0.2, 0.25) is 0 Å². The lowest BCUT2D eigenvalue weighted by molar-refractivity contribution is -0.0411. The van der Waals surface area contributed by atoms with Gasteiger partial charge in [0, 0.05) is 12.1 Å². The molecule has 0 radical (unpaired) electrons. The zero-order valence-corrected chi connectivity index (χ0v) is 22.2. The Labute approximate surface area is 225 Å². The number of ether oxygens (including phenoxy) is 1. The summed E-state index contributed by atoms with van der Waals surface area (Å²) in [6.45, 7) is -0.722. The molecule has 1 saturated heterocycles. The average Bonchev–Trinajstić information content (AvgIpc) is 3.54. The molecule has 4 aromatic rings. The van der Waals surface area contributed by atoms with Crippen LogP contribution >= 0.6 is 15.6 Å². The van der Waals surface area contributed by atoms with Crippen molar-refractivity contribution in [1.29, 1.82) is 0 Å². The number of rotatable bonds is 8. The molecule has 0 saturated carbocycles. The molecule has 40 heavy (non-hydrogen) atoms. The number of imidazole rings is 1. The number of benzene rings is 2. The van der Waals surface area contributed by atoms with Crippen molar-refractivity contribution in [3.63, 3.8) is 0 Å². The number of phosphoric acid groups is 2. The predicted molar refractivity (Wildman–Crippen MR) is 140 cm³/mol. The Morgan fingerprint density at radius 1 is 1.07 bits per heavy atom. The van der Waals surface area contributed by atoms with E-state index in [1.165, 1.54) is 16.5 Å². The van der Waals surface area contributed by atoms with E-state index in [-0.39, 0.29) is 23.5 Å². The Balaban J connectivity index is 1.36. The quantitative estimate of drug-likeness (QED) is 0.143. The summed E-state index contributed by atoms with van der Waals surface area (Å²) in [4.78, 5) is 60.6. The SMILES string of the molecule is O=c1[nH]cnc2c1nc(Nc1ccc3c(c1)Cc1ccccc1-3)n2[C@H]1C[C@H](OP(=O)(O)O)[C@@H](COP(=O)(O)O)O1. The van der Waals surface area contributed by atoms with Crippen LogP contribution in [0.4, 0.5) is 11.6 Å². The van der Waals surface area contributed by atoms with Crippen molar-refractivity contribution in [2.75, 3.05) is 11.9 Å². The predicted octanol–water partition coefficient (Wildman–Crippen LogP) is 2.31. The molecule has 2 aliphatic rings. The topological polar surface area (TPSA) is 218 Å². The van der Waals surface area contributed by atoms with Gasteiger partial charge in [-0.3, -0.25) is 18.4 Å². The van der Waals surface area contributed by atoms with Crippen LogP contribution in [0, 0.1) is 0 Å². The van der Waals surface area contributed by atoms with E-state index >= 15 is 0 Å². The monoisotopic (exact) mass is 591 g/mol. The number of phosphoric ester groups is 2. The van der Waals surface area contributed by atoms with Crippen molar-refractivity contribution in [2.45, 2.75) is 31.3 Å². The third kappa shape index (κ3) is 5.39. The summed E-state index contributed by atoms with van der Waals surface area (Å²) in [5.74, 6) is 0.145. The fraction of sp³-hybridized carbons (Fsp3) is 0.261. The fourth-order valence-electron chi connectivity index (χ4n) is 5.10.